The molecule has 1 aromatic rings. The third kappa shape index (κ3) is 2.44. The molecule has 0 bridgehead atoms. The number of aliphatic hydroxyl groups excluding tert-OH is 1. The van der Waals surface area contributed by atoms with Gasteiger partial charge in [0.1, 0.15) is 5.82 Å². The highest BCUT2D eigenvalue weighted by molar-refractivity contribution is 5.10. The quantitative estimate of drug-likeness (QED) is 0.768. The van der Waals surface area contributed by atoms with Gasteiger partial charge in [-0.2, -0.15) is 0 Å². The van der Waals surface area contributed by atoms with Gasteiger partial charge >= 0.3 is 0 Å². The molecule has 4 nitrogen and oxygen atoms in total. The van der Waals surface area contributed by atoms with Crippen LogP contribution in [0.25, 0.3) is 0 Å². The zero-order valence-corrected chi connectivity index (χ0v) is 9.85. The van der Waals surface area contributed by atoms with Crippen LogP contribution in [-0.4, -0.2) is 35.0 Å². The van der Waals surface area contributed by atoms with E-state index in [-0.39, 0.29) is 12.5 Å². The zero-order valence-electron chi connectivity index (χ0n) is 9.85. The highest BCUT2D eigenvalue weighted by atomic mass is 16.5. The second-order valence-corrected chi connectivity index (χ2v) is 4.40. The van der Waals surface area contributed by atoms with Gasteiger partial charge in [0.2, 0.25) is 0 Å². The maximum Gasteiger partial charge on any atom is 0.114 e. The van der Waals surface area contributed by atoms with Crippen molar-refractivity contribution in [3.8, 4) is 0 Å². The van der Waals surface area contributed by atoms with E-state index in [4.69, 9.17) is 4.74 Å². The molecule has 0 aromatic carbocycles. The van der Waals surface area contributed by atoms with E-state index < -0.39 is 0 Å². The minimum absolute atomic E-state index is 0.217. The Labute approximate surface area is 96.3 Å². The molecule has 4 heteroatoms. The van der Waals surface area contributed by atoms with Crippen LogP contribution in [0.2, 0.25) is 0 Å². The smallest absolute Gasteiger partial charge is 0.114 e. The summed E-state index contributed by atoms with van der Waals surface area (Å²) >= 11 is 0. The Morgan fingerprint density at radius 1 is 1.62 bits per heavy atom. The first-order chi connectivity index (χ1) is 7.85. The predicted molar refractivity (Wildman–Crippen MR) is 61.5 cm³/mol. The number of nitrogens with zero attached hydrogens (tertiary/aromatic N) is 2. The molecular weight excluding hydrogens is 204 g/mol. The number of aliphatic hydroxyl groups is 1. The predicted octanol–water partition coefficient (Wildman–Crippen LogP) is 1.33. The topological polar surface area (TPSA) is 47.3 Å². The fraction of sp³-hybridized carbons (Fsp3) is 0.750. The van der Waals surface area contributed by atoms with E-state index in [1.807, 2.05) is 0 Å². The van der Waals surface area contributed by atoms with Crippen LogP contribution in [0.15, 0.2) is 6.20 Å². The first kappa shape index (κ1) is 11.6. The van der Waals surface area contributed by atoms with Crippen molar-refractivity contribution < 1.29 is 9.84 Å². The van der Waals surface area contributed by atoms with E-state index in [0.717, 1.165) is 50.4 Å². The molecule has 0 radical (unpaired) electrons. The van der Waals surface area contributed by atoms with Gasteiger partial charge in [0.15, 0.2) is 0 Å². The SMILES string of the molecule is COCCCc1cn2c(n1)C(CO)CCC2. The third-order valence-electron chi connectivity index (χ3n) is 3.18. The van der Waals surface area contributed by atoms with Crippen molar-refractivity contribution in [2.45, 2.75) is 38.1 Å². The molecule has 0 amide bonds. The summed E-state index contributed by atoms with van der Waals surface area (Å²) in [5, 5.41) is 9.29. The molecule has 1 N–H and O–H groups in total. The Kier molecular flexibility index (Phi) is 3.96. The highest BCUT2D eigenvalue weighted by Gasteiger charge is 2.21. The van der Waals surface area contributed by atoms with Crippen LogP contribution in [0.4, 0.5) is 0 Å². The lowest BCUT2D eigenvalue weighted by Crippen LogP contribution is -2.18. The fourth-order valence-corrected chi connectivity index (χ4v) is 2.32. The number of hydrogen-bond acceptors (Lipinski definition) is 3. The molecule has 1 unspecified atom stereocenters. The van der Waals surface area contributed by atoms with Gasteiger partial charge in [-0.1, -0.05) is 0 Å². The number of rotatable bonds is 5. The van der Waals surface area contributed by atoms with Gasteiger partial charge in [-0.3, -0.25) is 0 Å². The lowest BCUT2D eigenvalue weighted by atomic mass is 10.0. The van der Waals surface area contributed by atoms with Gasteiger partial charge in [-0.05, 0) is 25.7 Å². The molecule has 2 heterocycles. The van der Waals surface area contributed by atoms with Crippen LogP contribution >= 0.6 is 0 Å². The molecule has 90 valence electrons. The van der Waals surface area contributed by atoms with Crippen molar-refractivity contribution in [3.63, 3.8) is 0 Å². The first-order valence-electron chi connectivity index (χ1n) is 6.01. The van der Waals surface area contributed by atoms with Gasteiger partial charge in [0.25, 0.3) is 0 Å². The molecule has 0 fully saturated rings. The number of fused-ring (bicyclic) bond motifs is 1. The Morgan fingerprint density at radius 2 is 2.50 bits per heavy atom. The van der Waals surface area contributed by atoms with Crippen molar-refractivity contribution in [2.24, 2.45) is 0 Å². The van der Waals surface area contributed by atoms with Crippen LogP contribution in [0.5, 0.6) is 0 Å². The summed E-state index contributed by atoms with van der Waals surface area (Å²) in [6.45, 7) is 2.04. The Balaban J connectivity index is 2.03. The van der Waals surface area contributed by atoms with E-state index in [1.54, 1.807) is 7.11 Å². The average Bonchev–Trinajstić information content (AvgIpc) is 2.71. The number of hydrogen-bond donors (Lipinski definition) is 1. The monoisotopic (exact) mass is 224 g/mol. The van der Waals surface area contributed by atoms with Crippen LogP contribution in [0.3, 0.4) is 0 Å². The summed E-state index contributed by atoms with van der Waals surface area (Å²) < 4.78 is 7.23. The van der Waals surface area contributed by atoms with Crippen molar-refractivity contribution in [1.29, 1.82) is 0 Å². The number of imidazole rings is 1. The van der Waals surface area contributed by atoms with E-state index in [9.17, 15) is 5.11 Å². The number of aryl methyl sites for hydroxylation is 2. The van der Waals surface area contributed by atoms with Crippen LogP contribution < -0.4 is 0 Å². The Hall–Kier alpha value is -0.870. The second kappa shape index (κ2) is 5.46. The third-order valence-corrected chi connectivity index (χ3v) is 3.18. The molecular formula is C12H20N2O2. The van der Waals surface area contributed by atoms with Crippen LogP contribution in [0, 0.1) is 0 Å². The minimum Gasteiger partial charge on any atom is -0.396 e. The number of ether oxygens (including phenoxy) is 1. The number of aromatic nitrogens is 2. The lowest BCUT2D eigenvalue weighted by Gasteiger charge is -2.21. The van der Waals surface area contributed by atoms with Gasteiger partial charge in [-0.15, -0.1) is 0 Å². The largest absolute Gasteiger partial charge is 0.396 e. The first-order valence-corrected chi connectivity index (χ1v) is 6.01. The van der Waals surface area contributed by atoms with Gasteiger partial charge in [0.05, 0.1) is 12.3 Å². The summed E-state index contributed by atoms with van der Waals surface area (Å²) in [5.41, 5.74) is 1.13. The van der Waals surface area contributed by atoms with Crippen molar-refractivity contribution >= 4 is 0 Å². The lowest BCUT2D eigenvalue weighted by molar-refractivity contribution is 0.195. The number of methoxy groups -OCH3 is 1. The minimum atomic E-state index is 0.217. The van der Waals surface area contributed by atoms with Gasteiger partial charge in [-0.25, -0.2) is 4.98 Å². The van der Waals surface area contributed by atoms with Crippen molar-refractivity contribution in [1.82, 2.24) is 9.55 Å². The Morgan fingerprint density at radius 3 is 3.25 bits per heavy atom. The van der Waals surface area contributed by atoms with Crippen LogP contribution in [-0.2, 0) is 17.7 Å². The van der Waals surface area contributed by atoms with E-state index in [1.165, 1.54) is 0 Å². The van der Waals surface area contributed by atoms with Crippen LogP contribution in [0.1, 0.15) is 36.7 Å². The standard InChI is InChI=1S/C12H20N2O2/c1-16-7-3-5-11-8-14-6-2-4-10(9-15)12(14)13-11/h8,10,15H,2-7,9H2,1H3. The normalized spacial score (nSPS) is 19.8. The summed E-state index contributed by atoms with van der Waals surface area (Å²) in [6, 6.07) is 0. The molecule has 1 atom stereocenters. The van der Waals surface area contributed by atoms with E-state index >= 15 is 0 Å². The summed E-state index contributed by atoms with van der Waals surface area (Å²) in [6.07, 6.45) is 6.31. The highest BCUT2D eigenvalue weighted by Crippen LogP contribution is 2.26. The molecule has 1 aliphatic rings. The molecule has 0 saturated heterocycles. The van der Waals surface area contributed by atoms with Gasteiger partial charge < -0.3 is 14.4 Å². The van der Waals surface area contributed by atoms with Gasteiger partial charge in [0, 0.05) is 32.4 Å². The average molecular weight is 224 g/mol. The molecule has 0 spiro atoms. The molecule has 0 aliphatic carbocycles. The Bertz CT molecular complexity index is 336. The summed E-state index contributed by atoms with van der Waals surface area (Å²) in [5.74, 6) is 1.31. The fourth-order valence-electron chi connectivity index (χ4n) is 2.32. The van der Waals surface area contributed by atoms with E-state index in [2.05, 4.69) is 15.7 Å². The van der Waals surface area contributed by atoms with E-state index in [0.29, 0.717) is 0 Å². The molecule has 1 aromatic heterocycles. The summed E-state index contributed by atoms with van der Waals surface area (Å²) in [4.78, 5) is 4.62. The maximum absolute atomic E-state index is 9.29. The summed E-state index contributed by atoms with van der Waals surface area (Å²) in [7, 11) is 1.72. The van der Waals surface area contributed by atoms with Crippen molar-refractivity contribution in [2.75, 3.05) is 20.3 Å². The second-order valence-electron chi connectivity index (χ2n) is 4.40. The molecule has 16 heavy (non-hydrogen) atoms. The zero-order chi connectivity index (χ0) is 11.4. The van der Waals surface area contributed by atoms with Crippen molar-refractivity contribution in [3.05, 3.63) is 17.7 Å². The maximum atomic E-state index is 9.29. The molecule has 2 rings (SSSR count). The molecule has 0 saturated carbocycles. The molecule has 1 aliphatic heterocycles.